The van der Waals surface area contributed by atoms with Gasteiger partial charge in [0.1, 0.15) is 0 Å². The molecule has 2 unspecified atom stereocenters. The van der Waals surface area contributed by atoms with E-state index in [-0.39, 0.29) is 6.04 Å². The highest BCUT2D eigenvalue weighted by atomic mass is 19.2. The molecule has 114 valence electrons. The molecule has 0 aromatic heterocycles. The largest absolute Gasteiger partial charge is 0.313 e. The van der Waals surface area contributed by atoms with E-state index in [1.54, 1.807) is 19.2 Å². The van der Waals surface area contributed by atoms with Gasteiger partial charge in [0, 0.05) is 17.6 Å². The van der Waals surface area contributed by atoms with Gasteiger partial charge in [-0.15, -0.1) is 0 Å². The maximum atomic E-state index is 13.8. The standard InChI is InChI=1S/C16H26F2N2/c1-11(2)12(3)20(5)10-9-15(19-4)13-7-6-8-14(17)16(13)18/h6-8,11-12,15,19H,9-10H2,1-5H3. The van der Waals surface area contributed by atoms with Crippen LogP contribution >= 0.6 is 0 Å². The highest BCUT2D eigenvalue weighted by molar-refractivity contribution is 5.22. The Morgan fingerprint density at radius 1 is 1.20 bits per heavy atom. The van der Waals surface area contributed by atoms with Gasteiger partial charge in [-0.25, -0.2) is 8.78 Å². The van der Waals surface area contributed by atoms with Crippen molar-refractivity contribution in [3.63, 3.8) is 0 Å². The molecule has 2 atom stereocenters. The summed E-state index contributed by atoms with van der Waals surface area (Å²) >= 11 is 0. The second-order valence-electron chi connectivity index (χ2n) is 5.74. The van der Waals surface area contributed by atoms with Gasteiger partial charge < -0.3 is 10.2 Å². The first-order chi connectivity index (χ1) is 9.38. The lowest BCUT2D eigenvalue weighted by atomic mass is 10.0. The zero-order valence-electron chi connectivity index (χ0n) is 13.1. The number of nitrogens with one attached hydrogen (secondary N) is 1. The summed E-state index contributed by atoms with van der Waals surface area (Å²) in [6.07, 6.45) is 0.741. The first kappa shape index (κ1) is 17.1. The molecule has 0 radical (unpaired) electrons. The van der Waals surface area contributed by atoms with Crippen LogP contribution in [0, 0.1) is 17.6 Å². The maximum absolute atomic E-state index is 13.8. The predicted octanol–water partition coefficient (Wildman–Crippen LogP) is 3.59. The minimum atomic E-state index is -0.786. The van der Waals surface area contributed by atoms with Crippen molar-refractivity contribution in [2.24, 2.45) is 5.92 Å². The van der Waals surface area contributed by atoms with Gasteiger partial charge in [-0.1, -0.05) is 26.0 Å². The molecule has 0 aliphatic heterocycles. The average molecular weight is 284 g/mol. The molecule has 20 heavy (non-hydrogen) atoms. The molecule has 0 aliphatic carbocycles. The number of halogens is 2. The molecule has 4 heteroatoms. The fourth-order valence-corrected chi connectivity index (χ4v) is 2.29. The molecule has 0 amide bonds. The van der Waals surface area contributed by atoms with Gasteiger partial charge in [-0.2, -0.15) is 0 Å². The third-order valence-corrected chi connectivity index (χ3v) is 4.14. The zero-order valence-corrected chi connectivity index (χ0v) is 13.1. The van der Waals surface area contributed by atoms with Crippen molar-refractivity contribution in [3.05, 3.63) is 35.4 Å². The minimum absolute atomic E-state index is 0.174. The molecule has 0 saturated carbocycles. The highest BCUT2D eigenvalue weighted by Gasteiger charge is 2.19. The summed E-state index contributed by atoms with van der Waals surface area (Å²) in [5, 5.41) is 3.08. The van der Waals surface area contributed by atoms with Crippen LogP contribution in [0.15, 0.2) is 18.2 Å². The molecule has 1 aromatic rings. The normalized spacial score (nSPS) is 14.8. The zero-order chi connectivity index (χ0) is 15.3. The van der Waals surface area contributed by atoms with Crippen LogP contribution < -0.4 is 5.32 Å². The third kappa shape index (κ3) is 4.25. The van der Waals surface area contributed by atoms with Gasteiger partial charge in [-0.05, 0) is 46.0 Å². The van der Waals surface area contributed by atoms with Gasteiger partial charge in [0.05, 0.1) is 0 Å². The van der Waals surface area contributed by atoms with Crippen LogP contribution in [-0.2, 0) is 0 Å². The molecular weight excluding hydrogens is 258 g/mol. The van der Waals surface area contributed by atoms with E-state index in [1.807, 2.05) is 0 Å². The van der Waals surface area contributed by atoms with E-state index < -0.39 is 11.6 Å². The van der Waals surface area contributed by atoms with E-state index in [2.05, 4.69) is 38.0 Å². The molecule has 1 aromatic carbocycles. The minimum Gasteiger partial charge on any atom is -0.313 e. The van der Waals surface area contributed by atoms with Crippen molar-refractivity contribution in [2.45, 2.75) is 39.3 Å². The Morgan fingerprint density at radius 3 is 2.40 bits per heavy atom. The van der Waals surface area contributed by atoms with Crippen molar-refractivity contribution < 1.29 is 8.78 Å². The molecule has 0 bridgehead atoms. The second-order valence-corrected chi connectivity index (χ2v) is 5.74. The van der Waals surface area contributed by atoms with Crippen molar-refractivity contribution in [2.75, 3.05) is 20.6 Å². The Morgan fingerprint density at radius 2 is 1.85 bits per heavy atom. The fourth-order valence-electron chi connectivity index (χ4n) is 2.29. The molecular formula is C16H26F2N2. The van der Waals surface area contributed by atoms with Gasteiger partial charge in [0.15, 0.2) is 11.6 Å². The fraction of sp³-hybridized carbons (Fsp3) is 0.625. The molecule has 1 N–H and O–H groups in total. The summed E-state index contributed by atoms with van der Waals surface area (Å²) in [6, 6.07) is 4.64. The smallest absolute Gasteiger partial charge is 0.163 e. The van der Waals surface area contributed by atoms with Gasteiger partial charge in [-0.3, -0.25) is 0 Å². The van der Waals surface area contributed by atoms with Crippen molar-refractivity contribution in [1.82, 2.24) is 10.2 Å². The number of rotatable bonds is 7. The summed E-state index contributed by atoms with van der Waals surface area (Å²) in [4.78, 5) is 2.26. The number of nitrogens with zero attached hydrogens (tertiary/aromatic N) is 1. The van der Waals surface area contributed by atoms with E-state index >= 15 is 0 Å². The first-order valence-corrected chi connectivity index (χ1v) is 7.19. The molecule has 1 rings (SSSR count). The van der Waals surface area contributed by atoms with E-state index in [0.29, 0.717) is 17.5 Å². The monoisotopic (exact) mass is 284 g/mol. The van der Waals surface area contributed by atoms with Crippen LogP contribution in [-0.4, -0.2) is 31.6 Å². The highest BCUT2D eigenvalue weighted by Crippen LogP contribution is 2.22. The average Bonchev–Trinajstić information content (AvgIpc) is 2.42. The lowest BCUT2D eigenvalue weighted by Gasteiger charge is -2.29. The first-order valence-electron chi connectivity index (χ1n) is 7.19. The SMILES string of the molecule is CNC(CCN(C)C(C)C(C)C)c1cccc(F)c1F. The molecule has 0 fully saturated rings. The van der Waals surface area contributed by atoms with Crippen LogP contribution in [0.2, 0.25) is 0 Å². The Hall–Kier alpha value is -1.00. The van der Waals surface area contributed by atoms with Crippen molar-refractivity contribution in [3.8, 4) is 0 Å². The van der Waals surface area contributed by atoms with Gasteiger partial charge in [0.25, 0.3) is 0 Å². The van der Waals surface area contributed by atoms with Crippen molar-refractivity contribution in [1.29, 1.82) is 0 Å². The Bertz CT molecular complexity index is 421. The third-order valence-electron chi connectivity index (χ3n) is 4.14. The van der Waals surface area contributed by atoms with Gasteiger partial charge >= 0.3 is 0 Å². The maximum Gasteiger partial charge on any atom is 0.163 e. The van der Waals surface area contributed by atoms with Crippen LogP contribution in [0.1, 0.15) is 38.8 Å². The Balaban J connectivity index is 2.71. The summed E-state index contributed by atoms with van der Waals surface area (Å²) in [5.74, 6) is -0.961. The van der Waals surface area contributed by atoms with Crippen LogP contribution in [0.3, 0.4) is 0 Å². The number of benzene rings is 1. The van der Waals surface area contributed by atoms with Crippen molar-refractivity contribution >= 4 is 0 Å². The number of hydrogen-bond acceptors (Lipinski definition) is 2. The molecule has 0 spiro atoms. The molecule has 0 heterocycles. The summed E-state index contributed by atoms with van der Waals surface area (Å²) < 4.78 is 27.1. The predicted molar refractivity (Wildman–Crippen MR) is 79.7 cm³/mol. The second kappa shape index (κ2) is 7.70. The van der Waals surface area contributed by atoms with E-state index in [4.69, 9.17) is 0 Å². The molecule has 0 aliphatic rings. The quantitative estimate of drug-likeness (QED) is 0.823. The van der Waals surface area contributed by atoms with Crippen LogP contribution in [0.4, 0.5) is 8.78 Å². The van der Waals surface area contributed by atoms with Crippen LogP contribution in [0.25, 0.3) is 0 Å². The lowest BCUT2D eigenvalue weighted by Crippen LogP contribution is -2.35. The van der Waals surface area contributed by atoms with E-state index in [1.165, 1.54) is 0 Å². The Kier molecular flexibility index (Phi) is 6.56. The molecule has 2 nitrogen and oxygen atoms in total. The topological polar surface area (TPSA) is 15.3 Å². The molecule has 0 saturated heterocycles. The number of hydrogen-bond donors (Lipinski definition) is 1. The lowest BCUT2D eigenvalue weighted by molar-refractivity contribution is 0.198. The van der Waals surface area contributed by atoms with Crippen LogP contribution in [0.5, 0.6) is 0 Å². The van der Waals surface area contributed by atoms with E-state index in [9.17, 15) is 8.78 Å². The summed E-state index contributed by atoms with van der Waals surface area (Å²) in [5.41, 5.74) is 0.401. The summed E-state index contributed by atoms with van der Waals surface area (Å²) in [7, 11) is 3.85. The van der Waals surface area contributed by atoms with Gasteiger partial charge in [0.2, 0.25) is 0 Å². The summed E-state index contributed by atoms with van der Waals surface area (Å²) in [6.45, 7) is 7.38. The Labute approximate surface area is 121 Å². The van der Waals surface area contributed by atoms with E-state index in [0.717, 1.165) is 19.0 Å².